The van der Waals surface area contributed by atoms with Crippen LogP contribution in [-0.2, 0) is 13.6 Å². The molecular formula is C18H20N6O2. The van der Waals surface area contributed by atoms with Gasteiger partial charge in [-0.1, -0.05) is 42.5 Å². The van der Waals surface area contributed by atoms with E-state index in [4.69, 9.17) is 0 Å². The molecule has 0 aliphatic heterocycles. The Hall–Kier alpha value is -3.42. The molecule has 0 aliphatic rings. The fraction of sp³-hybridized carbons (Fsp3) is 0.222. The topological polar surface area (TPSA) is 97.1 Å². The van der Waals surface area contributed by atoms with Gasteiger partial charge in [-0.25, -0.2) is 10.2 Å². The normalized spacial score (nSPS) is 11.7. The number of fused-ring (bicyclic) bond motifs is 1. The number of rotatable bonds is 5. The number of allylic oxidation sites excluding steroid dienone is 1. The van der Waals surface area contributed by atoms with E-state index in [0.29, 0.717) is 18.0 Å². The maximum Gasteiger partial charge on any atom is 0.329 e. The van der Waals surface area contributed by atoms with Crippen LogP contribution in [0.5, 0.6) is 0 Å². The van der Waals surface area contributed by atoms with E-state index in [2.05, 4.69) is 27.1 Å². The van der Waals surface area contributed by atoms with Gasteiger partial charge in [-0.05, 0) is 19.4 Å². The number of benzene rings is 1. The highest BCUT2D eigenvalue weighted by atomic mass is 16.2. The minimum Gasteiger partial charge on any atom is -0.299 e. The smallest absolute Gasteiger partial charge is 0.299 e. The zero-order valence-corrected chi connectivity index (χ0v) is 14.9. The standard InChI is InChI=1S/C18H20N6O2/c1-11(2)10-24-14-15(23(4)18(26)20-16(14)25)19-17(24)22-21-12(3)13-8-6-5-7-9-13/h5-9H,1,10H2,2-4H3,(H,19,22)(H,20,25,26)/b21-12-. The molecule has 26 heavy (non-hydrogen) atoms. The summed E-state index contributed by atoms with van der Waals surface area (Å²) in [5, 5.41) is 4.36. The molecule has 1 aromatic carbocycles. The Balaban J connectivity index is 2.12. The largest absolute Gasteiger partial charge is 0.329 e. The number of hydrogen-bond donors (Lipinski definition) is 2. The maximum atomic E-state index is 12.3. The third-order valence-corrected chi connectivity index (χ3v) is 3.95. The summed E-state index contributed by atoms with van der Waals surface area (Å²) in [7, 11) is 1.56. The molecule has 0 atom stereocenters. The summed E-state index contributed by atoms with van der Waals surface area (Å²) < 4.78 is 2.96. The number of aryl methyl sites for hydroxylation is 1. The van der Waals surface area contributed by atoms with Crippen LogP contribution in [0.15, 0.2) is 57.2 Å². The summed E-state index contributed by atoms with van der Waals surface area (Å²) in [4.78, 5) is 30.8. The van der Waals surface area contributed by atoms with Crippen LogP contribution in [-0.4, -0.2) is 24.8 Å². The maximum absolute atomic E-state index is 12.3. The second-order valence-corrected chi connectivity index (χ2v) is 6.14. The number of aromatic amines is 1. The Bertz CT molecular complexity index is 1120. The Labute approximate surface area is 149 Å². The third-order valence-electron chi connectivity index (χ3n) is 3.95. The summed E-state index contributed by atoms with van der Waals surface area (Å²) in [6.45, 7) is 8.00. The van der Waals surface area contributed by atoms with Crippen molar-refractivity contribution in [3.8, 4) is 0 Å². The van der Waals surface area contributed by atoms with Gasteiger partial charge >= 0.3 is 5.69 Å². The van der Waals surface area contributed by atoms with Crippen LogP contribution in [0.4, 0.5) is 5.95 Å². The Kier molecular flexibility index (Phi) is 4.57. The second kappa shape index (κ2) is 6.83. The molecule has 2 aromatic heterocycles. The number of anilines is 1. The number of H-pyrrole nitrogens is 1. The summed E-state index contributed by atoms with van der Waals surface area (Å²) in [6, 6.07) is 9.70. The van der Waals surface area contributed by atoms with Gasteiger partial charge in [-0.2, -0.15) is 10.1 Å². The predicted molar refractivity (Wildman–Crippen MR) is 103 cm³/mol. The number of nitrogens with zero attached hydrogens (tertiary/aromatic N) is 4. The average Bonchev–Trinajstić information content (AvgIpc) is 2.97. The van der Waals surface area contributed by atoms with Gasteiger partial charge < -0.3 is 0 Å². The number of hydrogen-bond acceptors (Lipinski definition) is 5. The van der Waals surface area contributed by atoms with Crippen LogP contribution in [0.1, 0.15) is 19.4 Å². The lowest BCUT2D eigenvalue weighted by Crippen LogP contribution is -2.29. The van der Waals surface area contributed by atoms with Crippen molar-refractivity contribution in [2.75, 3.05) is 5.43 Å². The molecule has 0 aliphatic carbocycles. The van der Waals surface area contributed by atoms with Crippen molar-refractivity contribution in [2.24, 2.45) is 12.1 Å². The molecule has 0 amide bonds. The summed E-state index contributed by atoms with van der Waals surface area (Å²) >= 11 is 0. The first kappa shape index (κ1) is 17.4. The molecule has 8 heteroatoms. The van der Waals surface area contributed by atoms with Crippen molar-refractivity contribution in [2.45, 2.75) is 20.4 Å². The van der Waals surface area contributed by atoms with Crippen LogP contribution in [0.2, 0.25) is 0 Å². The van der Waals surface area contributed by atoms with E-state index < -0.39 is 11.2 Å². The van der Waals surface area contributed by atoms with Crippen molar-refractivity contribution < 1.29 is 0 Å². The average molecular weight is 352 g/mol. The summed E-state index contributed by atoms with van der Waals surface area (Å²) in [5.41, 5.74) is 5.06. The Morgan fingerprint density at radius 2 is 1.96 bits per heavy atom. The van der Waals surface area contributed by atoms with E-state index in [1.165, 1.54) is 4.57 Å². The van der Waals surface area contributed by atoms with Gasteiger partial charge in [0.2, 0.25) is 5.95 Å². The summed E-state index contributed by atoms with van der Waals surface area (Å²) in [5.74, 6) is 0.366. The highest BCUT2D eigenvalue weighted by molar-refractivity contribution is 5.99. The lowest BCUT2D eigenvalue weighted by atomic mass is 10.1. The van der Waals surface area contributed by atoms with Crippen molar-refractivity contribution in [1.82, 2.24) is 19.1 Å². The van der Waals surface area contributed by atoms with Crippen molar-refractivity contribution in [3.63, 3.8) is 0 Å². The molecule has 0 radical (unpaired) electrons. The zero-order valence-electron chi connectivity index (χ0n) is 14.9. The lowest BCUT2D eigenvalue weighted by molar-refractivity contribution is 0.799. The molecule has 2 N–H and O–H groups in total. The minimum absolute atomic E-state index is 0.287. The van der Waals surface area contributed by atoms with Crippen molar-refractivity contribution in [1.29, 1.82) is 0 Å². The SMILES string of the molecule is C=C(C)Cn1c(N/N=C(/C)c2ccccc2)nc2c1c(=O)[nH]c(=O)n2C. The van der Waals surface area contributed by atoms with Gasteiger partial charge in [0.25, 0.3) is 5.56 Å². The molecule has 0 bridgehead atoms. The van der Waals surface area contributed by atoms with Gasteiger partial charge in [-0.3, -0.25) is 18.9 Å². The van der Waals surface area contributed by atoms with Crippen LogP contribution >= 0.6 is 0 Å². The van der Waals surface area contributed by atoms with Gasteiger partial charge in [0.05, 0.1) is 5.71 Å². The lowest BCUT2D eigenvalue weighted by Gasteiger charge is -2.08. The van der Waals surface area contributed by atoms with Gasteiger partial charge in [-0.15, -0.1) is 0 Å². The third kappa shape index (κ3) is 3.21. The number of imidazole rings is 1. The van der Waals surface area contributed by atoms with Gasteiger partial charge in [0.15, 0.2) is 11.2 Å². The molecule has 0 saturated heterocycles. The number of aromatic nitrogens is 4. The van der Waals surface area contributed by atoms with Crippen molar-refractivity contribution >= 4 is 22.8 Å². The van der Waals surface area contributed by atoms with Crippen LogP contribution in [0.3, 0.4) is 0 Å². The number of nitrogens with one attached hydrogen (secondary N) is 2. The first-order valence-corrected chi connectivity index (χ1v) is 8.08. The molecule has 0 fully saturated rings. The van der Waals surface area contributed by atoms with E-state index in [-0.39, 0.29) is 5.65 Å². The van der Waals surface area contributed by atoms with E-state index in [9.17, 15) is 9.59 Å². The first-order valence-electron chi connectivity index (χ1n) is 8.08. The van der Waals surface area contributed by atoms with Crippen LogP contribution in [0, 0.1) is 0 Å². The molecule has 2 heterocycles. The van der Waals surface area contributed by atoms with E-state index >= 15 is 0 Å². The monoisotopic (exact) mass is 352 g/mol. The number of hydrazone groups is 1. The molecule has 3 rings (SSSR count). The van der Waals surface area contributed by atoms with E-state index in [1.54, 1.807) is 11.6 Å². The molecule has 0 unspecified atom stereocenters. The molecule has 0 saturated carbocycles. The zero-order chi connectivity index (χ0) is 18.8. The highest BCUT2D eigenvalue weighted by Gasteiger charge is 2.17. The highest BCUT2D eigenvalue weighted by Crippen LogP contribution is 2.17. The minimum atomic E-state index is -0.516. The molecule has 8 nitrogen and oxygen atoms in total. The van der Waals surface area contributed by atoms with Crippen molar-refractivity contribution in [3.05, 3.63) is 68.9 Å². The molecule has 134 valence electrons. The summed E-state index contributed by atoms with van der Waals surface area (Å²) in [6.07, 6.45) is 0. The van der Waals surface area contributed by atoms with Gasteiger partial charge in [0, 0.05) is 13.6 Å². The Morgan fingerprint density at radius 1 is 1.27 bits per heavy atom. The fourth-order valence-electron chi connectivity index (χ4n) is 2.62. The second-order valence-electron chi connectivity index (χ2n) is 6.14. The van der Waals surface area contributed by atoms with Gasteiger partial charge in [0.1, 0.15) is 0 Å². The quantitative estimate of drug-likeness (QED) is 0.416. The molecule has 3 aromatic rings. The van der Waals surface area contributed by atoms with Crippen LogP contribution < -0.4 is 16.7 Å². The Morgan fingerprint density at radius 3 is 2.62 bits per heavy atom. The fourth-order valence-corrected chi connectivity index (χ4v) is 2.62. The van der Waals surface area contributed by atoms with Crippen LogP contribution in [0.25, 0.3) is 11.2 Å². The van der Waals surface area contributed by atoms with E-state index in [1.807, 2.05) is 44.2 Å². The first-order chi connectivity index (χ1) is 12.4. The molecule has 0 spiro atoms. The van der Waals surface area contributed by atoms with E-state index in [0.717, 1.165) is 16.8 Å². The molecular weight excluding hydrogens is 332 g/mol. The predicted octanol–water partition coefficient (Wildman–Crippen LogP) is 1.84.